The summed E-state index contributed by atoms with van der Waals surface area (Å²) in [6, 6.07) is 15.4. The first-order valence-corrected chi connectivity index (χ1v) is 13.3. The monoisotopic (exact) mass is 556 g/mol. The molecule has 1 N–H and O–H groups in total. The molecule has 0 aromatic heterocycles. The fraction of sp³-hybridized carbons (Fsp3) is 0.115. The Morgan fingerprint density at radius 1 is 1.03 bits per heavy atom. The first-order chi connectivity index (χ1) is 18.1. The second-order valence-electron chi connectivity index (χ2n) is 8.08. The average molecular weight is 557 g/mol. The number of ether oxygens (including phenoxy) is 1. The Balaban J connectivity index is 1.48. The first-order valence-electron chi connectivity index (χ1n) is 11.1. The summed E-state index contributed by atoms with van der Waals surface area (Å²) in [5.74, 6) is -1.85. The normalized spacial score (nSPS) is 14.6. The third-order valence-electron chi connectivity index (χ3n) is 5.30. The molecule has 38 heavy (non-hydrogen) atoms. The SMILES string of the molecule is COc1cc(/C=C2\SC(=O)N(CC(=O)Nc3ccc(C)cc3)C2=O)ccc1OS(=O)(=O)c1ccc(F)cc1. The molecule has 1 heterocycles. The number of anilines is 1. The second-order valence-corrected chi connectivity index (χ2v) is 10.6. The highest BCUT2D eigenvalue weighted by molar-refractivity contribution is 8.18. The Bertz CT molecular complexity index is 1540. The Hall–Kier alpha value is -4.16. The van der Waals surface area contributed by atoms with Crippen molar-refractivity contribution in [3.63, 3.8) is 0 Å². The smallest absolute Gasteiger partial charge is 0.339 e. The van der Waals surface area contributed by atoms with Crippen LogP contribution < -0.4 is 14.2 Å². The lowest BCUT2D eigenvalue weighted by molar-refractivity contribution is -0.127. The topological polar surface area (TPSA) is 119 Å². The molecule has 0 aliphatic carbocycles. The maximum atomic E-state index is 13.1. The van der Waals surface area contributed by atoms with Crippen molar-refractivity contribution in [3.05, 3.63) is 88.6 Å². The summed E-state index contributed by atoms with van der Waals surface area (Å²) >= 11 is 0.673. The molecule has 9 nitrogen and oxygen atoms in total. The quantitative estimate of drug-likeness (QED) is 0.316. The number of carbonyl (C=O) groups is 3. The molecular formula is C26H21FN2O7S2. The number of methoxy groups -OCH3 is 1. The molecule has 0 radical (unpaired) electrons. The minimum absolute atomic E-state index is 0.0427. The van der Waals surface area contributed by atoms with Crippen molar-refractivity contribution in [3.8, 4) is 11.5 Å². The molecule has 3 aromatic carbocycles. The van der Waals surface area contributed by atoms with Gasteiger partial charge in [-0.05, 0) is 78.9 Å². The van der Waals surface area contributed by atoms with Gasteiger partial charge in [-0.25, -0.2) is 4.39 Å². The summed E-state index contributed by atoms with van der Waals surface area (Å²) in [4.78, 5) is 38.3. The number of benzene rings is 3. The number of hydrogen-bond donors (Lipinski definition) is 1. The number of hydrogen-bond acceptors (Lipinski definition) is 8. The van der Waals surface area contributed by atoms with Crippen LogP contribution in [0.15, 0.2) is 76.5 Å². The summed E-state index contributed by atoms with van der Waals surface area (Å²) in [7, 11) is -2.96. The van der Waals surface area contributed by atoms with Crippen LogP contribution in [-0.2, 0) is 19.7 Å². The number of aryl methyl sites for hydroxylation is 1. The summed E-state index contributed by atoms with van der Waals surface area (Å²) in [5.41, 5.74) is 1.98. The molecule has 0 spiro atoms. The second kappa shape index (κ2) is 11.1. The molecule has 0 saturated carbocycles. The van der Waals surface area contributed by atoms with E-state index in [-0.39, 0.29) is 21.3 Å². The van der Waals surface area contributed by atoms with Gasteiger partial charge in [0.1, 0.15) is 17.3 Å². The van der Waals surface area contributed by atoms with Gasteiger partial charge in [-0.15, -0.1) is 0 Å². The molecule has 1 saturated heterocycles. The molecular weight excluding hydrogens is 535 g/mol. The van der Waals surface area contributed by atoms with Crippen molar-refractivity contribution in [2.45, 2.75) is 11.8 Å². The first kappa shape index (κ1) is 26.9. The Morgan fingerprint density at radius 2 is 1.71 bits per heavy atom. The van der Waals surface area contributed by atoms with Crippen LogP contribution in [-0.4, -0.2) is 44.0 Å². The summed E-state index contributed by atoms with van der Waals surface area (Å²) in [6.07, 6.45) is 1.42. The van der Waals surface area contributed by atoms with Crippen LogP contribution in [0.4, 0.5) is 14.9 Å². The van der Waals surface area contributed by atoms with Gasteiger partial charge < -0.3 is 14.2 Å². The minimum Gasteiger partial charge on any atom is -0.493 e. The van der Waals surface area contributed by atoms with Gasteiger partial charge in [0, 0.05) is 5.69 Å². The van der Waals surface area contributed by atoms with Gasteiger partial charge in [0.25, 0.3) is 11.1 Å². The predicted molar refractivity (Wildman–Crippen MR) is 140 cm³/mol. The number of amides is 3. The fourth-order valence-electron chi connectivity index (χ4n) is 3.38. The molecule has 196 valence electrons. The molecule has 4 rings (SSSR count). The van der Waals surface area contributed by atoms with E-state index < -0.39 is 39.5 Å². The van der Waals surface area contributed by atoms with E-state index in [9.17, 15) is 27.2 Å². The third kappa shape index (κ3) is 6.21. The van der Waals surface area contributed by atoms with Gasteiger partial charge in [0.2, 0.25) is 5.91 Å². The molecule has 1 aliphatic heterocycles. The lowest BCUT2D eigenvalue weighted by Gasteiger charge is -2.13. The average Bonchev–Trinajstić information content (AvgIpc) is 3.13. The largest absolute Gasteiger partial charge is 0.493 e. The fourth-order valence-corrected chi connectivity index (χ4v) is 5.16. The highest BCUT2D eigenvalue weighted by Crippen LogP contribution is 2.35. The third-order valence-corrected chi connectivity index (χ3v) is 7.45. The van der Waals surface area contributed by atoms with E-state index in [2.05, 4.69) is 5.32 Å². The summed E-state index contributed by atoms with van der Waals surface area (Å²) in [6.45, 7) is 1.46. The molecule has 12 heteroatoms. The molecule has 3 amide bonds. The van der Waals surface area contributed by atoms with Crippen molar-refractivity contribution in [2.75, 3.05) is 19.0 Å². The van der Waals surface area contributed by atoms with Crippen molar-refractivity contribution in [1.29, 1.82) is 0 Å². The standard InChI is InChI=1S/C26H21FN2O7S2/c1-16-3-8-19(9-4-16)28-24(30)15-29-25(31)23(37-26(29)32)14-17-5-12-21(22(13-17)35-2)36-38(33,34)20-10-6-18(27)7-11-20/h3-14H,15H2,1-2H3,(H,28,30)/b23-14-. The van der Waals surface area contributed by atoms with Crippen molar-refractivity contribution in [1.82, 2.24) is 4.90 Å². The molecule has 3 aromatic rings. The van der Waals surface area contributed by atoms with Gasteiger partial charge in [-0.1, -0.05) is 23.8 Å². The van der Waals surface area contributed by atoms with Crippen LogP contribution in [0.1, 0.15) is 11.1 Å². The predicted octanol–water partition coefficient (Wildman–Crippen LogP) is 4.59. The van der Waals surface area contributed by atoms with Gasteiger partial charge in [-0.2, -0.15) is 8.42 Å². The van der Waals surface area contributed by atoms with Crippen LogP contribution in [0, 0.1) is 12.7 Å². The maximum absolute atomic E-state index is 13.1. The number of halogens is 1. The van der Waals surface area contributed by atoms with Gasteiger partial charge in [-0.3, -0.25) is 19.3 Å². The highest BCUT2D eigenvalue weighted by atomic mass is 32.2. The van der Waals surface area contributed by atoms with Crippen LogP contribution >= 0.6 is 11.8 Å². The van der Waals surface area contributed by atoms with Gasteiger partial charge in [0.05, 0.1) is 12.0 Å². The van der Waals surface area contributed by atoms with Crippen molar-refractivity contribution >= 4 is 50.7 Å². The van der Waals surface area contributed by atoms with Crippen molar-refractivity contribution < 1.29 is 36.1 Å². The molecule has 1 aliphatic rings. The van der Waals surface area contributed by atoms with Crippen molar-refractivity contribution in [2.24, 2.45) is 0 Å². The zero-order valence-corrected chi connectivity index (χ0v) is 21.8. The molecule has 0 bridgehead atoms. The number of nitrogens with zero attached hydrogens (tertiary/aromatic N) is 1. The van der Waals surface area contributed by atoms with E-state index >= 15 is 0 Å². The van der Waals surface area contributed by atoms with Crippen LogP contribution in [0.2, 0.25) is 0 Å². The van der Waals surface area contributed by atoms with Gasteiger partial charge >= 0.3 is 10.1 Å². The van der Waals surface area contributed by atoms with Crippen LogP contribution in [0.25, 0.3) is 6.08 Å². The Kier molecular flexibility index (Phi) is 7.83. The van der Waals surface area contributed by atoms with E-state index in [4.69, 9.17) is 8.92 Å². The van der Waals surface area contributed by atoms with E-state index in [0.717, 1.165) is 34.7 Å². The van der Waals surface area contributed by atoms with Crippen LogP contribution in [0.5, 0.6) is 11.5 Å². The minimum atomic E-state index is -4.27. The number of rotatable bonds is 8. The zero-order valence-electron chi connectivity index (χ0n) is 20.1. The number of imide groups is 1. The lowest BCUT2D eigenvalue weighted by atomic mass is 10.2. The van der Waals surface area contributed by atoms with E-state index in [1.54, 1.807) is 12.1 Å². The molecule has 1 fully saturated rings. The van der Waals surface area contributed by atoms with Gasteiger partial charge in [0.15, 0.2) is 11.5 Å². The molecule has 0 unspecified atom stereocenters. The summed E-state index contributed by atoms with van der Waals surface area (Å²) < 4.78 is 48.6. The zero-order chi connectivity index (χ0) is 27.4. The number of carbonyl (C=O) groups excluding carboxylic acids is 3. The maximum Gasteiger partial charge on any atom is 0.339 e. The highest BCUT2D eigenvalue weighted by Gasteiger charge is 2.36. The summed E-state index contributed by atoms with van der Waals surface area (Å²) in [5, 5.41) is 2.04. The van der Waals surface area contributed by atoms with E-state index in [1.807, 2.05) is 19.1 Å². The number of nitrogens with one attached hydrogen (secondary N) is 1. The van der Waals surface area contributed by atoms with E-state index in [0.29, 0.717) is 23.0 Å². The Labute approximate surface area is 222 Å². The molecule has 0 atom stereocenters. The van der Waals surface area contributed by atoms with Crippen LogP contribution in [0.3, 0.4) is 0 Å². The van der Waals surface area contributed by atoms with E-state index in [1.165, 1.54) is 31.4 Å². The number of thioether (sulfide) groups is 1. The lowest BCUT2D eigenvalue weighted by Crippen LogP contribution is -2.36. The Morgan fingerprint density at radius 3 is 2.37 bits per heavy atom.